The summed E-state index contributed by atoms with van der Waals surface area (Å²) >= 11 is 0. The summed E-state index contributed by atoms with van der Waals surface area (Å²) < 4.78 is 45.6. The zero-order chi connectivity index (χ0) is 24.1. The Morgan fingerprint density at radius 1 is 1.12 bits per heavy atom. The molecule has 182 valence electrons. The lowest BCUT2D eigenvalue weighted by Crippen LogP contribution is -2.40. The van der Waals surface area contributed by atoms with Crippen molar-refractivity contribution in [3.63, 3.8) is 0 Å². The van der Waals surface area contributed by atoms with Gasteiger partial charge in [-0.3, -0.25) is 4.79 Å². The Labute approximate surface area is 199 Å². The van der Waals surface area contributed by atoms with Crippen LogP contribution >= 0.6 is 0 Å². The molecule has 0 saturated carbocycles. The smallest absolute Gasteiger partial charge is 0.309 e. The molecule has 1 aliphatic heterocycles. The lowest BCUT2D eigenvalue weighted by atomic mass is 10.2. The van der Waals surface area contributed by atoms with Gasteiger partial charge in [0, 0.05) is 19.6 Å². The van der Waals surface area contributed by atoms with Gasteiger partial charge in [-0.1, -0.05) is 17.7 Å². The summed E-state index contributed by atoms with van der Waals surface area (Å²) in [5, 5.41) is 0. The zero-order valence-corrected chi connectivity index (χ0v) is 20.2. The van der Waals surface area contributed by atoms with Gasteiger partial charge in [-0.25, -0.2) is 13.4 Å². The van der Waals surface area contributed by atoms with Crippen molar-refractivity contribution in [1.29, 1.82) is 0 Å². The molecule has 1 aromatic heterocycles. The topological polar surface area (TPSA) is 100.0 Å². The van der Waals surface area contributed by atoms with Crippen molar-refractivity contribution in [2.24, 2.45) is 0 Å². The van der Waals surface area contributed by atoms with Crippen LogP contribution in [0.4, 0.5) is 0 Å². The minimum Gasteiger partial charge on any atom is -0.493 e. The quantitative estimate of drug-likeness (QED) is 0.428. The second kappa shape index (κ2) is 10.5. The van der Waals surface area contributed by atoms with E-state index in [0.29, 0.717) is 49.9 Å². The van der Waals surface area contributed by atoms with E-state index in [1.807, 2.05) is 42.7 Å². The minimum atomic E-state index is -3.62. The second-order valence-electron chi connectivity index (χ2n) is 8.01. The van der Waals surface area contributed by atoms with Crippen molar-refractivity contribution in [1.82, 2.24) is 13.9 Å². The third kappa shape index (κ3) is 5.40. The second-order valence-corrected chi connectivity index (χ2v) is 9.95. The standard InChI is InChI=1S/C24H29N3O6S/c1-3-27-22-9-8-20(34(29,30)26-11-14-31-15-12-26)16-21(22)25-23(27)17-33-24(28)10-13-32-19-6-4-18(2)5-7-19/h4-9,16H,3,10-15,17H2,1-2H3. The summed E-state index contributed by atoms with van der Waals surface area (Å²) in [6.07, 6.45) is 0.113. The van der Waals surface area contributed by atoms with Gasteiger partial charge in [-0.15, -0.1) is 0 Å². The van der Waals surface area contributed by atoms with Gasteiger partial charge in [0.2, 0.25) is 10.0 Å². The number of esters is 1. The Bertz CT molecular complexity index is 1250. The molecule has 10 heteroatoms. The number of sulfonamides is 1. The number of aromatic nitrogens is 2. The highest BCUT2D eigenvalue weighted by Gasteiger charge is 2.27. The van der Waals surface area contributed by atoms with Crippen LogP contribution < -0.4 is 4.74 Å². The average Bonchev–Trinajstić information content (AvgIpc) is 3.21. The number of morpholine rings is 1. The number of fused-ring (bicyclic) bond motifs is 1. The van der Waals surface area contributed by atoms with Crippen LogP contribution in [0.3, 0.4) is 0 Å². The van der Waals surface area contributed by atoms with E-state index in [4.69, 9.17) is 14.2 Å². The number of rotatable bonds is 9. The number of aryl methyl sites for hydroxylation is 2. The highest BCUT2D eigenvalue weighted by molar-refractivity contribution is 7.89. The SMILES string of the molecule is CCn1c(COC(=O)CCOc2ccc(C)cc2)nc2cc(S(=O)(=O)N3CCOCC3)ccc21. The van der Waals surface area contributed by atoms with E-state index in [0.717, 1.165) is 11.1 Å². The summed E-state index contributed by atoms with van der Waals surface area (Å²) in [7, 11) is -3.62. The normalized spacial score (nSPS) is 14.9. The van der Waals surface area contributed by atoms with Crippen molar-refractivity contribution < 1.29 is 27.4 Å². The average molecular weight is 488 g/mol. The van der Waals surface area contributed by atoms with E-state index >= 15 is 0 Å². The Morgan fingerprint density at radius 3 is 2.56 bits per heavy atom. The molecule has 0 N–H and O–H groups in total. The number of carbonyl (C=O) groups excluding carboxylic acids is 1. The van der Waals surface area contributed by atoms with E-state index in [1.165, 1.54) is 4.31 Å². The maximum atomic E-state index is 13.0. The van der Waals surface area contributed by atoms with Gasteiger partial charge >= 0.3 is 5.97 Å². The predicted molar refractivity (Wildman–Crippen MR) is 126 cm³/mol. The molecule has 0 atom stereocenters. The molecule has 1 aliphatic rings. The van der Waals surface area contributed by atoms with Crippen molar-refractivity contribution in [3.8, 4) is 5.75 Å². The lowest BCUT2D eigenvalue weighted by molar-refractivity contribution is -0.145. The van der Waals surface area contributed by atoms with E-state index in [-0.39, 0.29) is 24.5 Å². The molecule has 1 saturated heterocycles. The number of benzene rings is 2. The molecule has 34 heavy (non-hydrogen) atoms. The lowest BCUT2D eigenvalue weighted by Gasteiger charge is -2.26. The molecule has 3 aromatic rings. The van der Waals surface area contributed by atoms with Gasteiger partial charge in [0.1, 0.15) is 18.2 Å². The third-order valence-electron chi connectivity index (χ3n) is 5.68. The molecule has 0 unspecified atom stereocenters. The van der Waals surface area contributed by atoms with Crippen LogP contribution in [-0.4, -0.2) is 61.2 Å². The number of nitrogens with zero attached hydrogens (tertiary/aromatic N) is 3. The molecule has 2 aromatic carbocycles. The fraction of sp³-hybridized carbons (Fsp3) is 0.417. The highest BCUT2D eigenvalue weighted by Crippen LogP contribution is 2.24. The summed E-state index contributed by atoms with van der Waals surface area (Å²) in [4.78, 5) is 17.0. The van der Waals surface area contributed by atoms with Gasteiger partial charge in [0.25, 0.3) is 0 Å². The molecule has 2 heterocycles. The number of imidazole rings is 1. The molecule has 9 nitrogen and oxygen atoms in total. The largest absolute Gasteiger partial charge is 0.493 e. The molecule has 0 bridgehead atoms. The van der Waals surface area contributed by atoms with Crippen LogP contribution in [0, 0.1) is 6.92 Å². The highest BCUT2D eigenvalue weighted by atomic mass is 32.2. The third-order valence-corrected chi connectivity index (χ3v) is 7.58. The number of carbonyl (C=O) groups is 1. The Kier molecular flexibility index (Phi) is 7.50. The molecule has 0 radical (unpaired) electrons. The maximum absolute atomic E-state index is 13.0. The molecule has 0 spiro atoms. The fourth-order valence-electron chi connectivity index (χ4n) is 3.82. The molecule has 0 aliphatic carbocycles. The first-order valence-electron chi connectivity index (χ1n) is 11.3. The Hall–Kier alpha value is -2.95. The van der Waals surface area contributed by atoms with Crippen LogP contribution in [0.1, 0.15) is 24.7 Å². The van der Waals surface area contributed by atoms with E-state index in [1.54, 1.807) is 18.2 Å². The van der Waals surface area contributed by atoms with Gasteiger partial charge in [0.15, 0.2) is 0 Å². The van der Waals surface area contributed by atoms with Crippen LogP contribution in [0.5, 0.6) is 5.75 Å². The van der Waals surface area contributed by atoms with E-state index in [9.17, 15) is 13.2 Å². The van der Waals surface area contributed by atoms with Crippen LogP contribution in [0.15, 0.2) is 47.4 Å². The summed E-state index contributed by atoms with van der Waals surface area (Å²) in [6.45, 7) is 6.21. The molecule has 4 rings (SSSR count). The van der Waals surface area contributed by atoms with Crippen molar-refractivity contribution in [2.75, 3.05) is 32.9 Å². The maximum Gasteiger partial charge on any atom is 0.309 e. The number of hydrogen-bond donors (Lipinski definition) is 0. The van der Waals surface area contributed by atoms with E-state index < -0.39 is 16.0 Å². The van der Waals surface area contributed by atoms with Crippen molar-refractivity contribution >= 4 is 27.0 Å². The minimum absolute atomic E-state index is 0.00255. The van der Waals surface area contributed by atoms with E-state index in [2.05, 4.69) is 4.98 Å². The number of ether oxygens (including phenoxy) is 3. The first-order chi connectivity index (χ1) is 16.4. The Balaban J connectivity index is 1.40. The summed E-state index contributed by atoms with van der Waals surface area (Å²) in [5.41, 5.74) is 2.47. The van der Waals surface area contributed by atoms with Gasteiger partial charge in [0.05, 0.1) is 42.2 Å². The van der Waals surface area contributed by atoms with Gasteiger partial charge in [-0.05, 0) is 44.2 Å². The van der Waals surface area contributed by atoms with Crippen molar-refractivity contribution in [2.45, 2.75) is 38.3 Å². The monoisotopic (exact) mass is 487 g/mol. The Morgan fingerprint density at radius 2 is 1.85 bits per heavy atom. The molecule has 0 amide bonds. The number of hydrogen-bond acceptors (Lipinski definition) is 7. The first kappa shape index (κ1) is 24.2. The zero-order valence-electron chi connectivity index (χ0n) is 19.4. The molecular formula is C24H29N3O6S. The first-order valence-corrected chi connectivity index (χ1v) is 12.7. The molecular weight excluding hydrogens is 458 g/mol. The summed E-state index contributed by atoms with van der Waals surface area (Å²) in [5.74, 6) is 0.873. The molecule has 1 fully saturated rings. The predicted octanol–water partition coefficient (Wildman–Crippen LogP) is 2.90. The van der Waals surface area contributed by atoms with Gasteiger partial charge < -0.3 is 18.8 Å². The fourth-order valence-corrected chi connectivity index (χ4v) is 5.25. The summed E-state index contributed by atoms with van der Waals surface area (Å²) in [6, 6.07) is 12.5. The van der Waals surface area contributed by atoms with Crippen molar-refractivity contribution in [3.05, 3.63) is 53.9 Å². The van der Waals surface area contributed by atoms with Crippen LogP contribution in [-0.2, 0) is 37.4 Å². The van der Waals surface area contributed by atoms with Crippen LogP contribution in [0.25, 0.3) is 11.0 Å². The van der Waals surface area contributed by atoms with Gasteiger partial charge in [-0.2, -0.15) is 4.31 Å². The van der Waals surface area contributed by atoms with Crippen LogP contribution in [0.2, 0.25) is 0 Å².